The third kappa shape index (κ3) is 6.56. The summed E-state index contributed by atoms with van der Waals surface area (Å²) in [5.74, 6) is 1.83. The maximum absolute atomic E-state index is 15.3. The summed E-state index contributed by atoms with van der Waals surface area (Å²) < 4.78 is 4.91. The van der Waals surface area contributed by atoms with Crippen molar-refractivity contribution in [3.63, 3.8) is 0 Å². The number of carbonyl (C=O) groups is 2. The number of Topliss-reactive ketones (excluding diaryl/α,β-unsaturated/α-hetero) is 2. The van der Waals surface area contributed by atoms with Gasteiger partial charge in [0.05, 0.1) is 32.5 Å². The number of nitrogens with zero attached hydrogens (tertiary/aromatic N) is 4. The van der Waals surface area contributed by atoms with Gasteiger partial charge in [-0.15, -0.1) is 11.3 Å². The molecule has 3 aromatic heterocycles. The van der Waals surface area contributed by atoms with Crippen molar-refractivity contribution in [1.29, 1.82) is 0 Å². The van der Waals surface area contributed by atoms with Crippen LogP contribution in [0.4, 0.5) is 0 Å². The van der Waals surface area contributed by atoms with Crippen LogP contribution >= 0.6 is 11.3 Å². The van der Waals surface area contributed by atoms with Crippen LogP contribution in [0.5, 0.6) is 0 Å². The molecule has 7 aromatic rings. The lowest BCUT2D eigenvalue weighted by molar-refractivity contribution is -0.115. The second kappa shape index (κ2) is 14.9. The second-order valence-corrected chi connectivity index (χ2v) is 24.5. The van der Waals surface area contributed by atoms with E-state index in [1.165, 1.54) is 0 Å². The molecule has 0 bridgehead atoms. The first kappa shape index (κ1) is 44.8. The standard InChI is InChI=1S/C62H60N4O2S/c1-57(2,3)41-33-61(34-42(51(41)67)58(4,5)6)45-46-54(69-53(45)55-63-47(37-25-17-13-18-26-37)49(65(55)61)39-29-21-15-22-30-39)56-64-48(38-27-19-14-20-28-38)50(40-31-23-16-24-32-40)66(56)62(46)35-43(59(7,8)9)52(68)44(36-62)60(10,11)12/h13-36H,1-12H3. The molecular weight excluding hydrogens is 865 g/mol. The molecule has 0 N–H and O–H groups in total. The number of thiophene rings is 1. The van der Waals surface area contributed by atoms with Gasteiger partial charge >= 0.3 is 0 Å². The average molecular weight is 925 g/mol. The molecule has 0 radical (unpaired) electrons. The Morgan fingerprint density at radius 1 is 0.391 bits per heavy atom. The van der Waals surface area contributed by atoms with Gasteiger partial charge in [0.1, 0.15) is 11.1 Å². The first-order valence-corrected chi connectivity index (χ1v) is 25.1. The van der Waals surface area contributed by atoms with Crippen molar-refractivity contribution >= 4 is 22.9 Å². The van der Waals surface area contributed by atoms with E-state index < -0.39 is 32.7 Å². The van der Waals surface area contributed by atoms with Crippen LogP contribution in [-0.2, 0) is 20.7 Å². The average Bonchev–Trinajstić information content (AvgIpc) is 4.09. The van der Waals surface area contributed by atoms with Gasteiger partial charge in [-0.2, -0.15) is 0 Å². The molecular formula is C62H60N4O2S. The van der Waals surface area contributed by atoms with Crippen molar-refractivity contribution in [2.75, 3.05) is 0 Å². The van der Waals surface area contributed by atoms with Crippen LogP contribution in [0.25, 0.3) is 66.4 Å². The molecule has 6 nitrogen and oxygen atoms in total. The van der Waals surface area contributed by atoms with E-state index >= 15 is 9.59 Å². The molecule has 0 unspecified atom stereocenters. The Balaban J connectivity index is 1.39. The number of rotatable bonds is 4. The molecule has 5 heterocycles. The van der Waals surface area contributed by atoms with Gasteiger partial charge in [0.25, 0.3) is 0 Å². The van der Waals surface area contributed by atoms with Crippen LogP contribution in [0.2, 0.25) is 0 Å². The highest BCUT2D eigenvalue weighted by Gasteiger charge is 2.59. The first-order valence-electron chi connectivity index (χ1n) is 24.3. The number of benzene rings is 4. The normalized spacial score (nSPS) is 17.0. The molecule has 346 valence electrons. The van der Waals surface area contributed by atoms with Gasteiger partial charge in [-0.3, -0.25) is 9.59 Å². The van der Waals surface area contributed by atoms with Crippen molar-refractivity contribution in [3.8, 4) is 66.4 Å². The molecule has 2 aliphatic heterocycles. The quantitative estimate of drug-likeness (QED) is 0.176. The summed E-state index contributed by atoms with van der Waals surface area (Å²) in [7, 11) is 0. The number of ketones is 2. The van der Waals surface area contributed by atoms with E-state index in [0.717, 1.165) is 99.9 Å². The topological polar surface area (TPSA) is 69.8 Å². The number of hydrogen-bond donors (Lipinski definition) is 0. The Hall–Kier alpha value is -6.70. The predicted molar refractivity (Wildman–Crippen MR) is 283 cm³/mol. The van der Waals surface area contributed by atoms with Crippen molar-refractivity contribution in [3.05, 3.63) is 179 Å². The number of carbonyl (C=O) groups excluding carboxylic acids is 2. The zero-order valence-corrected chi connectivity index (χ0v) is 42.7. The number of fused-ring (bicyclic) bond motifs is 11. The number of allylic oxidation sites excluding steroid dienone is 8. The molecule has 0 saturated carbocycles. The SMILES string of the molecule is CC(C)(C)C1=CC2(C=C(C(C)(C)C)C1=O)c1c(sc3c1C1(C=C(C(C)(C)C)C(=O)C(C(C)(C)C)=C1)n1c-3nc(-c3ccccc3)c1-c1ccccc1)-c1nc(-c3ccccc3)c(-c3ccccc3)n12. The zero-order valence-electron chi connectivity index (χ0n) is 41.9. The van der Waals surface area contributed by atoms with Crippen LogP contribution < -0.4 is 0 Å². The number of imidazole rings is 2. The van der Waals surface area contributed by atoms with E-state index in [-0.39, 0.29) is 11.6 Å². The van der Waals surface area contributed by atoms with Crippen LogP contribution in [0.3, 0.4) is 0 Å². The van der Waals surface area contributed by atoms with Gasteiger partial charge in [0.15, 0.2) is 23.2 Å². The minimum atomic E-state index is -1.04. The van der Waals surface area contributed by atoms with E-state index in [0.29, 0.717) is 0 Å². The molecule has 4 aliphatic rings. The van der Waals surface area contributed by atoms with Crippen LogP contribution in [-0.4, -0.2) is 30.7 Å². The maximum Gasteiger partial charge on any atom is 0.185 e. The Morgan fingerprint density at radius 3 is 0.913 bits per heavy atom. The highest BCUT2D eigenvalue weighted by atomic mass is 32.1. The molecule has 69 heavy (non-hydrogen) atoms. The second-order valence-electron chi connectivity index (χ2n) is 23.5. The van der Waals surface area contributed by atoms with Gasteiger partial charge in [0, 0.05) is 55.7 Å². The molecule has 11 rings (SSSR count). The molecule has 7 heteroatoms. The van der Waals surface area contributed by atoms with Gasteiger partial charge < -0.3 is 9.13 Å². The van der Waals surface area contributed by atoms with Crippen LogP contribution in [0.15, 0.2) is 168 Å². The summed E-state index contributed by atoms with van der Waals surface area (Å²) in [4.78, 5) is 44.1. The largest absolute Gasteiger partial charge is 0.305 e. The van der Waals surface area contributed by atoms with Gasteiger partial charge in [-0.1, -0.05) is 204 Å². The Morgan fingerprint density at radius 2 is 0.652 bits per heavy atom. The fraction of sp³-hybridized carbons (Fsp3) is 0.290. The maximum atomic E-state index is 15.3. The smallest absolute Gasteiger partial charge is 0.185 e. The van der Waals surface area contributed by atoms with E-state index in [2.05, 4.69) is 226 Å². The van der Waals surface area contributed by atoms with Crippen LogP contribution in [0.1, 0.15) is 94.2 Å². The summed E-state index contributed by atoms with van der Waals surface area (Å²) in [5, 5.41) is 0. The molecule has 0 amide bonds. The lowest BCUT2D eigenvalue weighted by Crippen LogP contribution is -2.42. The Labute approximate surface area is 410 Å². The predicted octanol–water partition coefficient (Wildman–Crippen LogP) is 15.3. The highest BCUT2D eigenvalue weighted by Crippen LogP contribution is 2.66. The lowest BCUT2D eigenvalue weighted by atomic mass is 9.64. The van der Waals surface area contributed by atoms with Crippen molar-refractivity contribution in [2.45, 2.75) is 94.2 Å². The summed E-state index contributed by atoms with van der Waals surface area (Å²) in [6, 6.07) is 42.2. The molecule has 0 saturated heterocycles. The Bertz CT molecular complexity index is 3120. The summed E-state index contributed by atoms with van der Waals surface area (Å²) >= 11 is 1.74. The van der Waals surface area contributed by atoms with E-state index in [4.69, 9.17) is 9.97 Å². The third-order valence-electron chi connectivity index (χ3n) is 14.5. The van der Waals surface area contributed by atoms with Gasteiger partial charge in [-0.25, -0.2) is 9.97 Å². The van der Waals surface area contributed by atoms with Gasteiger partial charge in [0.2, 0.25) is 0 Å². The molecule has 2 aliphatic carbocycles. The van der Waals surface area contributed by atoms with E-state index in [1.807, 2.05) is 12.1 Å². The molecule has 4 aromatic carbocycles. The van der Waals surface area contributed by atoms with E-state index in [9.17, 15) is 0 Å². The van der Waals surface area contributed by atoms with Crippen molar-refractivity contribution in [2.24, 2.45) is 21.7 Å². The van der Waals surface area contributed by atoms with Crippen molar-refractivity contribution in [1.82, 2.24) is 19.1 Å². The lowest BCUT2D eigenvalue weighted by Gasteiger charge is -2.43. The van der Waals surface area contributed by atoms with E-state index in [1.54, 1.807) is 11.3 Å². The zero-order chi connectivity index (χ0) is 48.8. The van der Waals surface area contributed by atoms with Crippen LogP contribution in [0, 0.1) is 21.7 Å². The minimum absolute atomic E-state index is 0.0711. The summed E-state index contributed by atoms with van der Waals surface area (Å²) in [5.41, 5.74) is 8.87. The fourth-order valence-electron chi connectivity index (χ4n) is 11.2. The van der Waals surface area contributed by atoms with Gasteiger partial charge in [-0.05, 0) is 46.0 Å². The third-order valence-corrected chi connectivity index (χ3v) is 15.6. The minimum Gasteiger partial charge on any atom is -0.305 e. The monoisotopic (exact) mass is 924 g/mol. The number of hydrogen-bond acceptors (Lipinski definition) is 5. The summed E-state index contributed by atoms with van der Waals surface area (Å²) in [6.07, 6.45) is 9.15. The fourth-order valence-corrected chi connectivity index (χ4v) is 12.6. The molecule has 2 spiro atoms. The Kier molecular flexibility index (Phi) is 9.67. The van der Waals surface area contributed by atoms with Crippen molar-refractivity contribution < 1.29 is 9.59 Å². The first-order chi connectivity index (χ1) is 32.6. The highest BCUT2D eigenvalue weighted by molar-refractivity contribution is 7.19. The molecule has 0 atom stereocenters. The number of aromatic nitrogens is 4. The molecule has 0 fully saturated rings. The summed E-state index contributed by atoms with van der Waals surface area (Å²) in [6.45, 7) is 25.9.